The van der Waals surface area contributed by atoms with Gasteiger partial charge in [-0.3, -0.25) is 9.59 Å². The number of nitrogens with zero attached hydrogens (tertiary/aromatic N) is 2. The molecule has 1 atom stereocenters. The van der Waals surface area contributed by atoms with Gasteiger partial charge in [-0.1, -0.05) is 20.8 Å². The molecule has 0 spiro atoms. The molecule has 1 aliphatic rings. The van der Waals surface area contributed by atoms with Crippen LogP contribution in [0.2, 0.25) is 0 Å². The number of hydrogen-bond donors (Lipinski definition) is 0. The molecule has 1 aliphatic heterocycles. The zero-order chi connectivity index (χ0) is 15.7. The minimum Gasteiger partial charge on any atom is -0.335 e. The van der Waals surface area contributed by atoms with Crippen LogP contribution in [0.25, 0.3) is 0 Å². The normalized spacial score (nSPS) is 20.1. The van der Waals surface area contributed by atoms with Gasteiger partial charge in [0.25, 0.3) is 0 Å². The summed E-state index contributed by atoms with van der Waals surface area (Å²) in [6.07, 6.45) is -3.37. The summed E-state index contributed by atoms with van der Waals surface area (Å²) in [6, 6.07) is -0.769. The molecular formula is C13H21F3N2O2. The number of carbonyl (C=O) groups excluding carboxylic acids is 2. The SMILES string of the molecule is CN(CC(F)(F)F)C(=O)C1CCCN1C(=O)C(C)(C)C. The molecule has 0 aromatic carbocycles. The van der Waals surface area contributed by atoms with Gasteiger partial charge < -0.3 is 9.80 Å². The Morgan fingerprint density at radius 2 is 1.80 bits per heavy atom. The van der Waals surface area contributed by atoms with Gasteiger partial charge in [-0.15, -0.1) is 0 Å². The third kappa shape index (κ3) is 4.11. The molecule has 0 N–H and O–H groups in total. The Balaban J connectivity index is 2.79. The van der Waals surface area contributed by atoms with E-state index >= 15 is 0 Å². The quantitative estimate of drug-likeness (QED) is 0.782. The lowest BCUT2D eigenvalue weighted by molar-refractivity contribution is -0.163. The second kappa shape index (κ2) is 5.61. The Bertz CT molecular complexity index is 388. The molecule has 7 heteroatoms. The summed E-state index contributed by atoms with van der Waals surface area (Å²) in [5, 5.41) is 0. The Morgan fingerprint density at radius 3 is 2.25 bits per heavy atom. The van der Waals surface area contributed by atoms with Crippen molar-refractivity contribution >= 4 is 11.8 Å². The van der Waals surface area contributed by atoms with E-state index in [-0.39, 0.29) is 5.91 Å². The molecule has 0 aliphatic carbocycles. The first kappa shape index (κ1) is 16.8. The fraction of sp³-hybridized carbons (Fsp3) is 0.846. The smallest absolute Gasteiger partial charge is 0.335 e. The number of hydrogen-bond acceptors (Lipinski definition) is 2. The summed E-state index contributed by atoms with van der Waals surface area (Å²) in [5.41, 5.74) is -0.647. The Kier molecular flexibility index (Phi) is 4.71. The molecular weight excluding hydrogens is 273 g/mol. The van der Waals surface area contributed by atoms with Crippen molar-refractivity contribution in [1.82, 2.24) is 9.80 Å². The van der Waals surface area contributed by atoms with Crippen LogP contribution in [0.5, 0.6) is 0 Å². The molecule has 4 nitrogen and oxygen atoms in total. The topological polar surface area (TPSA) is 40.6 Å². The Labute approximate surface area is 116 Å². The summed E-state index contributed by atoms with van der Waals surface area (Å²) in [6.45, 7) is 4.32. The van der Waals surface area contributed by atoms with Crippen LogP contribution in [0, 0.1) is 5.41 Å². The molecule has 0 radical (unpaired) electrons. The van der Waals surface area contributed by atoms with E-state index in [2.05, 4.69) is 0 Å². The second-order valence-corrected chi connectivity index (χ2v) is 6.22. The second-order valence-electron chi connectivity index (χ2n) is 6.22. The first-order chi connectivity index (χ1) is 8.93. The van der Waals surface area contributed by atoms with Crippen molar-refractivity contribution in [3.05, 3.63) is 0 Å². The van der Waals surface area contributed by atoms with Crippen LogP contribution in [0.1, 0.15) is 33.6 Å². The number of rotatable bonds is 2. The maximum atomic E-state index is 12.3. The third-order valence-corrected chi connectivity index (χ3v) is 3.23. The van der Waals surface area contributed by atoms with Gasteiger partial charge in [0.05, 0.1) is 0 Å². The van der Waals surface area contributed by atoms with E-state index in [1.807, 2.05) is 0 Å². The molecule has 1 rings (SSSR count). The number of likely N-dealkylation sites (tertiary alicyclic amines) is 1. The van der Waals surface area contributed by atoms with Crippen LogP contribution in [-0.4, -0.2) is 54.0 Å². The van der Waals surface area contributed by atoms with Gasteiger partial charge >= 0.3 is 6.18 Å². The van der Waals surface area contributed by atoms with E-state index in [1.165, 1.54) is 4.90 Å². The highest BCUT2D eigenvalue weighted by Crippen LogP contribution is 2.27. The third-order valence-electron chi connectivity index (χ3n) is 3.23. The first-order valence-corrected chi connectivity index (χ1v) is 6.56. The van der Waals surface area contributed by atoms with Gasteiger partial charge in [0, 0.05) is 19.0 Å². The number of likely N-dealkylation sites (N-methyl/N-ethyl adjacent to an activating group) is 1. The largest absolute Gasteiger partial charge is 0.406 e. The van der Waals surface area contributed by atoms with Crippen LogP contribution in [0.15, 0.2) is 0 Å². The Morgan fingerprint density at radius 1 is 1.25 bits per heavy atom. The Hall–Kier alpha value is -1.27. The highest BCUT2D eigenvalue weighted by Gasteiger charge is 2.41. The monoisotopic (exact) mass is 294 g/mol. The van der Waals surface area contributed by atoms with Crippen molar-refractivity contribution in [2.75, 3.05) is 20.1 Å². The van der Waals surface area contributed by atoms with Crippen molar-refractivity contribution in [1.29, 1.82) is 0 Å². The van der Waals surface area contributed by atoms with Crippen LogP contribution in [-0.2, 0) is 9.59 Å². The highest BCUT2D eigenvalue weighted by atomic mass is 19.4. The molecule has 0 aromatic heterocycles. The van der Waals surface area contributed by atoms with Gasteiger partial charge in [-0.2, -0.15) is 13.2 Å². The van der Waals surface area contributed by atoms with E-state index in [0.717, 1.165) is 7.05 Å². The fourth-order valence-corrected chi connectivity index (χ4v) is 2.30. The average Bonchev–Trinajstić information content (AvgIpc) is 2.71. The lowest BCUT2D eigenvalue weighted by Crippen LogP contribution is -2.51. The summed E-state index contributed by atoms with van der Waals surface area (Å²) in [4.78, 5) is 26.4. The number of carbonyl (C=O) groups is 2. The standard InChI is InChI=1S/C13H21F3N2O2/c1-12(2,3)11(20)18-7-5-6-9(18)10(19)17(4)8-13(14,15)16/h9H,5-8H2,1-4H3. The minimum absolute atomic E-state index is 0.200. The molecule has 1 fully saturated rings. The summed E-state index contributed by atoms with van der Waals surface area (Å²) < 4.78 is 37.0. The molecule has 1 unspecified atom stereocenters. The van der Waals surface area contributed by atoms with Gasteiger partial charge in [0.15, 0.2) is 0 Å². The molecule has 116 valence electrons. The zero-order valence-corrected chi connectivity index (χ0v) is 12.3. The lowest BCUT2D eigenvalue weighted by atomic mass is 9.94. The highest BCUT2D eigenvalue weighted by molar-refractivity contribution is 5.90. The van der Waals surface area contributed by atoms with E-state index < -0.39 is 30.1 Å². The molecule has 0 aromatic rings. The van der Waals surface area contributed by atoms with Crippen LogP contribution in [0.4, 0.5) is 13.2 Å². The van der Waals surface area contributed by atoms with E-state index in [9.17, 15) is 22.8 Å². The summed E-state index contributed by atoms with van der Waals surface area (Å²) in [5.74, 6) is -0.841. The fourth-order valence-electron chi connectivity index (χ4n) is 2.30. The molecule has 1 saturated heterocycles. The van der Waals surface area contributed by atoms with Gasteiger partial charge in [0.1, 0.15) is 12.6 Å². The minimum atomic E-state index is -4.43. The molecule has 0 bridgehead atoms. The number of amides is 2. The molecule has 0 saturated carbocycles. The van der Waals surface area contributed by atoms with Gasteiger partial charge in [0.2, 0.25) is 11.8 Å². The molecule has 20 heavy (non-hydrogen) atoms. The first-order valence-electron chi connectivity index (χ1n) is 6.56. The maximum Gasteiger partial charge on any atom is 0.406 e. The van der Waals surface area contributed by atoms with Crippen LogP contribution in [0.3, 0.4) is 0 Å². The zero-order valence-electron chi connectivity index (χ0n) is 12.3. The predicted molar refractivity (Wildman–Crippen MR) is 67.9 cm³/mol. The van der Waals surface area contributed by atoms with Gasteiger partial charge in [-0.25, -0.2) is 0 Å². The number of alkyl halides is 3. The van der Waals surface area contributed by atoms with Crippen molar-refractivity contribution < 1.29 is 22.8 Å². The molecule has 2 amide bonds. The average molecular weight is 294 g/mol. The van der Waals surface area contributed by atoms with Crippen molar-refractivity contribution in [2.45, 2.75) is 45.8 Å². The predicted octanol–water partition coefficient (Wildman–Crippen LogP) is 2.04. The van der Waals surface area contributed by atoms with E-state index in [1.54, 1.807) is 20.8 Å². The van der Waals surface area contributed by atoms with Crippen LogP contribution >= 0.6 is 0 Å². The lowest BCUT2D eigenvalue weighted by Gasteiger charge is -2.32. The van der Waals surface area contributed by atoms with Crippen molar-refractivity contribution in [3.63, 3.8) is 0 Å². The summed E-state index contributed by atoms with van der Waals surface area (Å²) >= 11 is 0. The number of halogens is 3. The van der Waals surface area contributed by atoms with E-state index in [0.29, 0.717) is 24.3 Å². The summed E-state index contributed by atoms with van der Waals surface area (Å²) in [7, 11) is 1.12. The van der Waals surface area contributed by atoms with E-state index in [4.69, 9.17) is 0 Å². The maximum absolute atomic E-state index is 12.3. The van der Waals surface area contributed by atoms with Gasteiger partial charge in [-0.05, 0) is 12.8 Å². The molecule has 1 heterocycles. The van der Waals surface area contributed by atoms with Crippen LogP contribution < -0.4 is 0 Å². The van der Waals surface area contributed by atoms with Crippen molar-refractivity contribution in [3.8, 4) is 0 Å². The van der Waals surface area contributed by atoms with Crippen molar-refractivity contribution in [2.24, 2.45) is 5.41 Å².